The van der Waals surface area contributed by atoms with E-state index in [2.05, 4.69) is 20.9 Å². The summed E-state index contributed by atoms with van der Waals surface area (Å²) in [7, 11) is 0. The lowest BCUT2D eigenvalue weighted by Gasteiger charge is -2.04. The van der Waals surface area contributed by atoms with Gasteiger partial charge in [-0.25, -0.2) is 14.2 Å². The van der Waals surface area contributed by atoms with E-state index in [9.17, 15) is 9.18 Å². The molecule has 0 unspecified atom stereocenters. The first-order valence-electron chi connectivity index (χ1n) is 6.24. The second-order valence-corrected chi connectivity index (χ2v) is 7.05. The van der Waals surface area contributed by atoms with Crippen LogP contribution in [0.4, 0.5) is 4.39 Å². The summed E-state index contributed by atoms with van der Waals surface area (Å²) in [5.41, 5.74) is 0.566. The Labute approximate surface area is 142 Å². The van der Waals surface area contributed by atoms with Crippen LogP contribution < -0.4 is 0 Å². The molecule has 0 bridgehead atoms. The van der Waals surface area contributed by atoms with Gasteiger partial charge in [0, 0.05) is 15.4 Å². The Balaban J connectivity index is 1.67. The number of ether oxygens (including phenoxy) is 1. The number of halogens is 2. The van der Waals surface area contributed by atoms with E-state index in [0.29, 0.717) is 10.0 Å². The zero-order valence-electron chi connectivity index (χ0n) is 11.1. The van der Waals surface area contributed by atoms with Crippen molar-refractivity contribution in [1.82, 2.24) is 4.98 Å². The number of thiophene rings is 1. The summed E-state index contributed by atoms with van der Waals surface area (Å²) in [6, 6.07) is 8.47. The summed E-state index contributed by atoms with van der Waals surface area (Å²) in [4.78, 5) is 17.2. The number of thiazole rings is 1. The van der Waals surface area contributed by atoms with Crippen LogP contribution >= 0.6 is 38.6 Å². The number of carbonyl (C=O) groups is 1. The second kappa shape index (κ2) is 6.68. The Bertz CT molecular complexity index is 802. The van der Waals surface area contributed by atoms with Crippen LogP contribution in [0.25, 0.3) is 9.88 Å². The molecule has 7 heteroatoms. The standard InChI is InChI=1S/C15H9BrFNO2S2/c16-10-4-3-9(11(17)6-10)7-20-15(19)12-8-22-14(18-12)13-2-1-5-21-13/h1-6,8H,7H2. The van der Waals surface area contributed by atoms with Crippen molar-refractivity contribution in [2.45, 2.75) is 6.61 Å². The van der Waals surface area contributed by atoms with Crippen LogP contribution in [0.1, 0.15) is 16.1 Å². The van der Waals surface area contributed by atoms with Crippen LogP contribution in [0.2, 0.25) is 0 Å². The van der Waals surface area contributed by atoms with E-state index in [-0.39, 0.29) is 12.3 Å². The normalized spacial score (nSPS) is 10.6. The molecule has 0 radical (unpaired) electrons. The maximum Gasteiger partial charge on any atom is 0.358 e. The molecule has 0 saturated carbocycles. The molecule has 0 aliphatic rings. The molecule has 1 aromatic carbocycles. The molecule has 22 heavy (non-hydrogen) atoms. The lowest BCUT2D eigenvalue weighted by atomic mass is 10.2. The van der Waals surface area contributed by atoms with Crippen LogP contribution in [-0.4, -0.2) is 11.0 Å². The molecule has 0 spiro atoms. The fourth-order valence-corrected chi connectivity index (χ4v) is 3.67. The first-order chi connectivity index (χ1) is 10.6. The zero-order chi connectivity index (χ0) is 15.5. The van der Waals surface area contributed by atoms with Gasteiger partial charge in [-0.1, -0.05) is 28.1 Å². The van der Waals surface area contributed by atoms with E-state index in [4.69, 9.17) is 4.74 Å². The number of benzene rings is 1. The summed E-state index contributed by atoms with van der Waals surface area (Å²) in [6.07, 6.45) is 0. The van der Waals surface area contributed by atoms with Crippen molar-refractivity contribution in [1.29, 1.82) is 0 Å². The lowest BCUT2D eigenvalue weighted by molar-refractivity contribution is 0.0463. The third-order valence-corrected chi connectivity index (χ3v) is 5.19. The maximum atomic E-state index is 13.7. The average molecular weight is 398 g/mol. The van der Waals surface area contributed by atoms with Gasteiger partial charge < -0.3 is 4.74 Å². The van der Waals surface area contributed by atoms with Crippen molar-refractivity contribution in [2.75, 3.05) is 0 Å². The summed E-state index contributed by atoms with van der Waals surface area (Å²) in [6.45, 7) is -0.121. The summed E-state index contributed by atoms with van der Waals surface area (Å²) in [5, 5.41) is 4.37. The van der Waals surface area contributed by atoms with Crippen molar-refractivity contribution in [3.05, 3.63) is 62.6 Å². The molecule has 2 aromatic heterocycles. The fourth-order valence-electron chi connectivity index (χ4n) is 1.74. The van der Waals surface area contributed by atoms with Crippen molar-refractivity contribution in [3.8, 4) is 9.88 Å². The molecule has 112 valence electrons. The highest BCUT2D eigenvalue weighted by molar-refractivity contribution is 9.10. The topological polar surface area (TPSA) is 39.2 Å². The first-order valence-corrected chi connectivity index (χ1v) is 8.79. The molecule has 0 atom stereocenters. The van der Waals surface area contributed by atoms with Crippen molar-refractivity contribution in [2.24, 2.45) is 0 Å². The highest BCUT2D eigenvalue weighted by atomic mass is 79.9. The number of esters is 1. The largest absolute Gasteiger partial charge is 0.456 e. The number of carbonyl (C=O) groups excluding carboxylic acids is 1. The van der Waals surface area contributed by atoms with Gasteiger partial charge in [-0.3, -0.25) is 0 Å². The summed E-state index contributed by atoms with van der Waals surface area (Å²) < 4.78 is 19.4. The molecule has 0 saturated heterocycles. The van der Waals surface area contributed by atoms with E-state index in [0.717, 1.165) is 9.88 Å². The maximum absolute atomic E-state index is 13.7. The quantitative estimate of drug-likeness (QED) is 0.572. The van der Waals surface area contributed by atoms with E-state index in [1.807, 2.05) is 17.5 Å². The zero-order valence-corrected chi connectivity index (χ0v) is 14.3. The van der Waals surface area contributed by atoms with Gasteiger partial charge in [-0.2, -0.15) is 0 Å². The summed E-state index contributed by atoms with van der Waals surface area (Å²) in [5.74, 6) is -0.971. The molecule has 0 amide bonds. The third kappa shape index (κ3) is 3.43. The van der Waals surface area contributed by atoms with Crippen molar-refractivity contribution < 1.29 is 13.9 Å². The number of aromatic nitrogens is 1. The molecule has 2 heterocycles. The Morgan fingerprint density at radius 2 is 2.18 bits per heavy atom. The lowest BCUT2D eigenvalue weighted by Crippen LogP contribution is -2.06. The average Bonchev–Trinajstić information content (AvgIpc) is 3.17. The molecular weight excluding hydrogens is 389 g/mol. The van der Waals surface area contributed by atoms with Crippen LogP contribution in [0.5, 0.6) is 0 Å². The van der Waals surface area contributed by atoms with Gasteiger partial charge in [-0.15, -0.1) is 22.7 Å². The van der Waals surface area contributed by atoms with Gasteiger partial charge in [0.15, 0.2) is 5.69 Å². The minimum absolute atomic E-state index is 0.121. The molecule has 3 nitrogen and oxygen atoms in total. The molecule has 3 aromatic rings. The van der Waals surface area contributed by atoms with Gasteiger partial charge in [0.05, 0.1) is 4.88 Å². The third-order valence-electron chi connectivity index (χ3n) is 2.82. The van der Waals surface area contributed by atoms with Gasteiger partial charge >= 0.3 is 5.97 Å². The van der Waals surface area contributed by atoms with Crippen molar-refractivity contribution in [3.63, 3.8) is 0 Å². The number of hydrogen-bond acceptors (Lipinski definition) is 5. The van der Waals surface area contributed by atoms with Gasteiger partial charge in [0.2, 0.25) is 0 Å². The fraction of sp³-hybridized carbons (Fsp3) is 0.0667. The highest BCUT2D eigenvalue weighted by Gasteiger charge is 2.14. The monoisotopic (exact) mass is 397 g/mol. The van der Waals surface area contributed by atoms with Crippen LogP contribution in [0.3, 0.4) is 0 Å². The van der Waals surface area contributed by atoms with Crippen LogP contribution in [-0.2, 0) is 11.3 Å². The Morgan fingerprint density at radius 3 is 2.91 bits per heavy atom. The highest BCUT2D eigenvalue weighted by Crippen LogP contribution is 2.28. The Morgan fingerprint density at radius 1 is 1.32 bits per heavy atom. The van der Waals surface area contributed by atoms with Crippen LogP contribution in [0.15, 0.2) is 45.6 Å². The minimum Gasteiger partial charge on any atom is -0.456 e. The minimum atomic E-state index is -0.554. The molecule has 0 fully saturated rings. The Hall–Kier alpha value is -1.57. The number of rotatable bonds is 4. The van der Waals surface area contributed by atoms with Crippen molar-refractivity contribution >= 4 is 44.6 Å². The molecule has 0 aliphatic heterocycles. The van der Waals surface area contributed by atoms with Gasteiger partial charge in [0.1, 0.15) is 17.4 Å². The number of hydrogen-bond donors (Lipinski definition) is 0. The summed E-state index contributed by atoms with van der Waals surface area (Å²) >= 11 is 6.12. The predicted octanol–water partition coefficient (Wildman–Crippen LogP) is 5.13. The Kier molecular flexibility index (Phi) is 4.66. The predicted molar refractivity (Wildman–Crippen MR) is 88.6 cm³/mol. The molecule has 0 aliphatic carbocycles. The van der Waals surface area contributed by atoms with Crippen LogP contribution in [0, 0.1) is 5.82 Å². The van der Waals surface area contributed by atoms with E-state index >= 15 is 0 Å². The van der Waals surface area contributed by atoms with E-state index < -0.39 is 11.8 Å². The SMILES string of the molecule is O=C(OCc1ccc(Br)cc1F)c1csc(-c2cccs2)n1. The molecule has 3 rings (SSSR count). The van der Waals surface area contributed by atoms with E-state index in [1.165, 1.54) is 17.4 Å². The second-order valence-electron chi connectivity index (χ2n) is 4.33. The van der Waals surface area contributed by atoms with Gasteiger partial charge in [0.25, 0.3) is 0 Å². The smallest absolute Gasteiger partial charge is 0.358 e. The number of nitrogens with zero attached hydrogens (tertiary/aromatic N) is 1. The molecular formula is C15H9BrFNO2S2. The molecule has 0 N–H and O–H groups in total. The van der Waals surface area contributed by atoms with Gasteiger partial charge in [-0.05, 0) is 23.6 Å². The van der Waals surface area contributed by atoms with E-state index in [1.54, 1.807) is 28.8 Å². The first kappa shape index (κ1) is 15.3.